The van der Waals surface area contributed by atoms with Gasteiger partial charge in [-0.3, -0.25) is 0 Å². The Labute approximate surface area is 138 Å². The van der Waals surface area contributed by atoms with Gasteiger partial charge in [0, 0.05) is 17.3 Å². The van der Waals surface area contributed by atoms with E-state index in [0.29, 0.717) is 11.2 Å². The number of benzene rings is 2. The number of hydrogen-bond acceptors (Lipinski definition) is 4. The molecule has 0 spiro atoms. The van der Waals surface area contributed by atoms with Crippen LogP contribution in [0.4, 0.5) is 0 Å². The average Bonchev–Trinajstić information content (AvgIpc) is 3.05. The quantitative estimate of drug-likeness (QED) is 0.613. The van der Waals surface area contributed by atoms with E-state index < -0.39 is 0 Å². The predicted octanol–water partition coefficient (Wildman–Crippen LogP) is 3.64. The monoisotopic (exact) mass is 312 g/mol. The Hall–Kier alpha value is -3.65. The predicted molar refractivity (Wildman–Crippen MR) is 90.2 cm³/mol. The van der Waals surface area contributed by atoms with Gasteiger partial charge in [-0.1, -0.05) is 42.5 Å². The standard InChI is InChI=1S/C19H12N4O/c20-10-15-11-22-23-18(14-4-2-1-3-5-14)17(12-21-19(15)23)13-6-8-16(24)9-7-13/h1-9,11-12,24H. The zero-order chi connectivity index (χ0) is 16.5. The van der Waals surface area contributed by atoms with Crippen LogP contribution in [0.5, 0.6) is 5.75 Å². The number of nitrogens with zero attached hydrogens (tertiary/aromatic N) is 4. The molecule has 0 bridgehead atoms. The molecule has 0 atom stereocenters. The topological polar surface area (TPSA) is 74.2 Å². The molecular formula is C19H12N4O. The molecule has 0 saturated carbocycles. The van der Waals surface area contributed by atoms with Gasteiger partial charge in [0.25, 0.3) is 0 Å². The van der Waals surface area contributed by atoms with E-state index in [9.17, 15) is 10.4 Å². The van der Waals surface area contributed by atoms with Gasteiger partial charge in [-0.2, -0.15) is 10.4 Å². The van der Waals surface area contributed by atoms with Gasteiger partial charge in [0.1, 0.15) is 17.4 Å². The molecule has 24 heavy (non-hydrogen) atoms. The third-order valence-corrected chi connectivity index (χ3v) is 3.87. The van der Waals surface area contributed by atoms with E-state index >= 15 is 0 Å². The Bertz CT molecular complexity index is 1060. The third kappa shape index (κ3) is 2.18. The fraction of sp³-hybridized carbons (Fsp3) is 0. The molecule has 0 saturated heterocycles. The zero-order valence-corrected chi connectivity index (χ0v) is 12.6. The second kappa shape index (κ2) is 5.52. The lowest BCUT2D eigenvalue weighted by molar-refractivity contribution is 0.475. The van der Waals surface area contributed by atoms with Crippen molar-refractivity contribution >= 4 is 5.65 Å². The lowest BCUT2D eigenvalue weighted by Crippen LogP contribution is -1.99. The van der Waals surface area contributed by atoms with Crippen molar-refractivity contribution in [3.8, 4) is 34.2 Å². The molecule has 114 valence electrons. The lowest BCUT2D eigenvalue weighted by Gasteiger charge is -2.12. The van der Waals surface area contributed by atoms with Crippen molar-refractivity contribution in [3.05, 3.63) is 72.6 Å². The normalized spacial score (nSPS) is 10.6. The van der Waals surface area contributed by atoms with E-state index in [0.717, 1.165) is 22.4 Å². The summed E-state index contributed by atoms with van der Waals surface area (Å²) in [4.78, 5) is 4.41. The maximum absolute atomic E-state index is 9.53. The number of hydrogen-bond donors (Lipinski definition) is 1. The summed E-state index contributed by atoms with van der Waals surface area (Å²) in [5.41, 5.74) is 4.58. The van der Waals surface area contributed by atoms with E-state index in [1.165, 1.54) is 6.20 Å². The fourth-order valence-electron chi connectivity index (χ4n) is 2.74. The third-order valence-electron chi connectivity index (χ3n) is 3.87. The molecule has 0 radical (unpaired) electrons. The Morgan fingerprint density at radius 2 is 1.67 bits per heavy atom. The van der Waals surface area contributed by atoms with Crippen molar-refractivity contribution in [2.24, 2.45) is 0 Å². The summed E-state index contributed by atoms with van der Waals surface area (Å²) in [6.07, 6.45) is 3.27. The molecule has 0 aliphatic carbocycles. The zero-order valence-electron chi connectivity index (χ0n) is 12.6. The number of phenolic OH excluding ortho intramolecular Hbond substituents is 1. The molecule has 0 aliphatic heterocycles. The Morgan fingerprint density at radius 3 is 2.38 bits per heavy atom. The van der Waals surface area contributed by atoms with Gasteiger partial charge in [-0.05, 0) is 17.7 Å². The molecule has 0 unspecified atom stereocenters. The highest BCUT2D eigenvalue weighted by molar-refractivity contribution is 5.82. The minimum atomic E-state index is 0.208. The van der Waals surface area contributed by atoms with Gasteiger partial charge >= 0.3 is 0 Å². The van der Waals surface area contributed by atoms with Gasteiger partial charge in [0.15, 0.2) is 5.65 Å². The maximum atomic E-state index is 9.53. The van der Waals surface area contributed by atoms with E-state index in [2.05, 4.69) is 16.2 Å². The number of nitriles is 1. The summed E-state index contributed by atoms with van der Waals surface area (Å²) in [5, 5.41) is 23.1. The molecule has 0 aliphatic rings. The SMILES string of the molecule is N#Cc1cnn2c(-c3ccccc3)c(-c3ccc(O)cc3)cnc12. The van der Waals surface area contributed by atoms with Crippen molar-refractivity contribution in [3.63, 3.8) is 0 Å². The second-order valence-electron chi connectivity index (χ2n) is 5.34. The molecule has 2 aromatic carbocycles. The number of aromatic nitrogens is 3. The van der Waals surface area contributed by atoms with Gasteiger partial charge < -0.3 is 5.11 Å². The number of fused-ring (bicyclic) bond motifs is 1. The molecule has 5 heteroatoms. The molecule has 0 fully saturated rings. The lowest BCUT2D eigenvalue weighted by atomic mass is 10.0. The van der Waals surface area contributed by atoms with Crippen LogP contribution in [0, 0.1) is 11.3 Å². The molecule has 4 aromatic rings. The van der Waals surface area contributed by atoms with Crippen molar-refractivity contribution < 1.29 is 5.11 Å². The van der Waals surface area contributed by atoms with Gasteiger partial charge in [-0.15, -0.1) is 0 Å². The molecule has 0 amide bonds. The smallest absolute Gasteiger partial charge is 0.173 e. The molecule has 2 aromatic heterocycles. The summed E-state index contributed by atoms with van der Waals surface area (Å²) in [7, 11) is 0. The molecule has 2 heterocycles. The van der Waals surface area contributed by atoms with Gasteiger partial charge in [0.05, 0.1) is 11.9 Å². The first-order valence-electron chi connectivity index (χ1n) is 7.39. The van der Waals surface area contributed by atoms with Crippen LogP contribution < -0.4 is 0 Å². The van der Waals surface area contributed by atoms with Crippen LogP contribution in [0.3, 0.4) is 0 Å². The highest BCUT2D eigenvalue weighted by atomic mass is 16.3. The Morgan fingerprint density at radius 1 is 0.917 bits per heavy atom. The number of rotatable bonds is 2. The van der Waals surface area contributed by atoms with Crippen LogP contribution in [0.15, 0.2) is 67.0 Å². The summed E-state index contributed by atoms with van der Waals surface area (Å²) in [6, 6.07) is 18.9. The summed E-state index contributed by atoms with van der Waals surface area (Å²) in [5.74, 6) is 0.208. The van der Waals surface area contributed by atoms with Crippen molar-refractivity contribution in [2.75, 3.05) is 0 Å². The van der Waals surface area contributed by atoms with Crippen molar-refractivity contribution in [2.45, 2.75) is 0 Å². The summed E-state index contributed by atoms with van der Waals surface area (Å²) < 4.78 is 1.69. The highest BCUT2D eigenvalue weighted by Gasteiger charge is 2.16. The Kier molecular flexibility index (Phi) is 3.22. The van der Waals surface area contributed by atoms with Crippen LogP contribution in [0.1, 0.15) is 5.56 Å². The second-order valence-corrected chi connectivity index (χ2v) is 5.34. The molecule has 4 rings (SSSR count). The first-order valence-corrected chi connectivity index (χ1v) is 7.39. The number of phenols is 1. The first-order chi connectivity index (χ1) is 11.8. The van der Waals surface area contributed by atoms with E-state index in [-0.39, 0.29) is 5.75 Å². The fourth-order valence-corrected chi connectivity index (χ4v) is 2.74. The van der Waals surface area contributed by atoms with Crippen molar-refractivity contribution in [1.29, 1.82) is 5.26 Å². The van der Waals surface area contributed by atoms with Crippen LogP contribution in [-0.4, -0.2) is 19.7 Å². The highest BCUT2D eigenvalue weighted by Crippen LogP contribution is 2.33. The largest absolute Gasteiger partial charge is 0.508 e. The minimum absolute atomic E-state index is 0.208. The average molecular weight is 312 g/mol. The van der Waals surface area contributed by atoms with Crippen molar-refractivity contribution in [1.82, 2.24) is 14.6 Å². The number of aromatic hydroxyl groups is 1. The Balaban J connectivity index is 2.07. The van der Waals surface area contributed by atoms with E-state index in [4.69, 9.17) is 0 Å². The van der Waals surface area contributed by atoms with E-state index in [1.54, 1.807) is 22.8 Å². The van der Waals surface area contributed by atoms with Crippen LogP contribution >= 0.6 is 0 Å². The summed E-state index contributed by atoms with van der Waals surface area (Å²) in [6.45, 7) is 0. The minimum Gasteiger partial charge on any atom is -0.508 e. The van der Waals surface area contributed by atoms with Crippen LogP contribution in [0.25, 0.3) is 28.0 Å². The first kappa shape index (κ1) is 14.0. The van der Waals surface area contributed by atoms with Gasteiger partial charge in [-0.25, -0.2) is 9.50 Å². The van der Waals surface area contributed by atoms with Gasteiger partial charge in [0.2, 0.25) is 0 Å². The molecule has 5 nitrogen and oxygen atoms in total. The van der Waals surface area contributed by atoms with Crippen LogP contribution in [-0.2, 0) is 0 Å². The van der Waals surface area contributed by atoms with E-state index in [1.807, 2.05) is 42.5 Å². The maximum Gasteiger partial charge on any atom is 0.173 e. The van der Waals surface area contributed by atoms with Crippen LogP contribution in [0.2, 0.25) is 0 Å². The summed E-state index contributed by atoms with van der Waals surface area (Å²) >= 11 is 0. The molecular weight excluding hydrogens is 300 g/mol. The molecule has 1 N–H and O–H groups in total.